The van der Waals surface area contributed by atoms with Crippen LogP contribution in [0.15, 0.2) is 18.2 Å². The van der Waals surface area contributed by atoms with Crippen LogP contribution in [0.2, 0.25) is 0 Å². The fourth-order valence-corrected chi connectivity index (χ4v) is 2.79. The van der Waals surface area contributed by atoms with E-state index in [1.54, 1.807) is 0 Å². The van der Waals surface area contributed by atoms with Gasteiger partial charge in [0.1, 0.15) is 0 Å². The molecule has 104 valence electrons. The van der Waals surface area contributed by atoms with E-state index in [1.807, 2.05) is 12.1 Å². The Balaban J connectivity index is 1.62. The zero-order valence-corrected chi connectivity index (χ0v) is 11.6. The Morgan fingerprint density at radius 2 is 2.21 bits per heavy atom. The third-order valence-corrected chi connectivity index (χ3v) is 3.76. The van der Waals surface area contributed by atoms with Crippen LogP contribution in [0.3, 0.4) is 0 Å². The highest BCUT2D eigenvalue weighted by atomic mass is 16.7. The first-order chi connectivity index (χ1) is 9.14. The number of ether oxygens (including phenoxy) is 3. The van der Waals surface area contributed by atoms with Gasteiger partial charge in [-0.2, -0.15) is 0 Å². The Labute approximate surface area is 114 Å². The van der Waals surface area contributed by atoms with Crippen molar-refractivity contribution in [3.63, 3.8) is 0 Å². The molecule has 4 heteroatoms. The van der Waals surface area contributed by atoms with Crippen LogP contribution in [0, 0.1) is 0 Å². The topological polar surface area (TPSA) is 39.7 Å². The second-order valence-corrected chi connectivity index (χ2v) is 5.83. The molecule has 1 aromatic rings. The van der Waals surface area contributed by atoms with Gasteiger partial charge in [0.2, 0.25) is 6.79 Å². The van der Waals surface area contributed by atoms with Gasteiger partial charge < -0.3 is 19.5 Å². The lowest BCUT2D eigenvalue weighted by Crippen LogP contribution is -2.43. The molecular formula is C15H21NO3. The minimum atomic E-state index is -0.0197. The highest BCUT2D eigenvalue weighted by Crippen LogP contribution is 2.35. The smallest absolute Gasteiger partial charge is 0.231 e. The van der Waals surface area contributed by atoms with Crippen molar-refractivity contribution in [2.75, 3.05) is 13.4 Å². The van der Waals surface area contributed by atoms with Gasteiger partial charge >= 0.3 is 0 Å². The molecule has 1 unspecified atom stereocenters. The number of hydrogen-bond donors (Lipinski definition) is 1. The molecule has 0 spiro atoms. The van der Waals surface area contributed by atoms with Crippen LogP contribution in [0.25, 0.3) is 0 Å². The standard InChI is InChI=1S/C15H21NO3/c1-15(2)8-12(6-7-19-15)16-9-11-4-3-5-13-14(11)18-10-17-13/h3-5,12,16H,6-10H2,1-2H3. The fraction of sp³-hybridized carbons (Fsp3) is 0.600. The van der Waals surface area contributed by atoms with Crippen molar-refractivity contribution >= 4 is 0 Å². The van der Waals surface area contributed by atoms with Gasteiger partial charge in [-0.3, -0.25) is 0 Å². The second kappa shape index (κ2) is 5.02. The predicted octanol–water partition coefficient (Wildman–Crippen LogP) is 2.46. The summed E-state index contributed by atoms with van der Waals surface area (Å²) in [5.74, 6) is 1.74. The molecule has 1 fully saturated rings. The van der Waals surface area contributed by atoms with Gasteiger partial charge in [0.25, 0.3) is 0 Å². The Bertz CT molecular complexity index is 459. The van der Waals surface area contributed by atoms with E-state index in [9.17, 15) is 0 Å². The largest absolute Gasteiger partial charge is 0.454 e. The predicted molar refractivity (Wildman–Crippen MR) is 72.5 cm³/mol. The Morgan fingerprint density at radius 1 is 1.32 bits per heavy atom. The lowest BCUT2D eigenvalue weighted by Gasteiger charge is -2.36. The fourth-order valence-electron chi connectivity index (χ4n) is 2.79. The van der Waals surface area contributed by atoms with Gasteiger partial charge in [-0.1, -0.05) is 12.1 Å². The van der Waals surface area contributed by atoms with Crippen molar-refractivity contribution in [2.24, 2.45) is 0 Å². The second-order valence-electron chi connectivity index (χ2n) is 5.83. The minimum Gasteiger partial charge on any atom is -0.454 e. The summed E-state index contributed by atoms with van der Waals surface area (Å²) in [4.78, 5) is 0. The van der Waals surface area contributed by atoms with E-state index in [4.69, 9.17) is 14.2 Å². The van der Waals surface area contributed by atoms with Gasteiger partial charge in [-0.15, -0.1) is 0 Å². The van der Waals surface area contributed by atoms with Crippen LogP contribution >= 0.6 is 0 Å². The summed E-state index contributed by atoms with van der Waals surface area (Å²) in [6.07, 6.45) is 2.11. The normalized spacial score (nSPS) is 24.4. The van der Waals surface area contributed by atoms with Crippen molar-refractivity contribution in [3.8, 4) is 11.5 Å². The van der Waals surface area contributed by atoms with Crippen LogP contribution in [0.5, 0.6) is 11.5 Å². The SMILES string of the molecule is CC1(C)CC(NCc2cccc3c2OCO3)CCO1. The molecule has 4 nitrogen and oxygen atoms in total. The molecule has 0 radical (unpaired) electrons. The lowest BCUT2D eigenvalue weighted by atomic mass is 9.94. The first kappa shape index (κ1) is 12.8. The van der Waals surface area contributed by atoms with Gasteiger partial charge in [-0.25, -0.2) is 0 Å². The van der Waals surface area contributed by atoms with Gasteiger partial charge in [0.05, 0.1) is 5.60 Å². The molecule has 3 rings (SSSR count). The number of rotatable bonds is 3. The van der Waals surface area contributed by atoms with Crippen molar-refractivity contribution in [1.29, 1.82) is 0 Å². The number of hydrogen-bond acceptors (Lipinski definition) is 4. The summed E-state index contributed by atoms with van der Waals surface area (Å²) in [7, 11) is 0. The first-order valence-corrected chi connectivity index (χ1v) is 6.89. The molecule has 2 aliphatic heterocycles. The summed E-state index contributed by atoms with van der Waals surface area (Å²) in [6.45, 7) is 6.27. The van der Waals surface area contributed by atoms with E-state index in [0.29, 0.717) is 12.8 Å². The molecule has 2 heterocycles. The molecule has 1 atom stereocenters. The quantitative estimate of drug-likeness (QED) is 0.909. The van der Waals surface area contributed by atoms with Crippen molar-refractivity contribution in [2.45, 2.75) is 44.9 Å². The summed E-state index contributed by atoms with van der Waals surface area (Å²) in [5, 5.41) is 3.61. The highest BCUT2D eigenvalue weighted by molar-refractivity contribution is 5.48. The zero-order chi connectivity index (χ0) is 13.3. The molecule has 0 bridgehead atoms. The third-order valence-electron chi connectivity index (χ3n) is 3.76. The number of nitrogens with one attached hydrogen (secondary N) is 1. The first-order valence-electron chi connectivity index (χ1n) is 6.89. The van der Waals surface area contributed by atoms with Crippen LogP contribution in [0.1, 0.15) is 32.3 Å². The highest BCUT2D eigenvalue weighted by Gasteiger charge is 2.28. The number of para-hydroxylation sites is 1. The van der Waals surface area contributed by atoms with Crippen LogP contribution in [-0.2, 0) is 11.3 Å². The molecule has 1 saturated heterocycles. The van der Waals surface area contributed by atoms with Gasteiger partial charge in [-0.05, 0) is 32.8 Å². The van der Waals surface area contributed by atoms with Crippen LogP contribution in [-0.4, -0.2) is 25.0 Å². The monoisotopic (exact) mass is 263 g/mol. The summed E-state index contributed by atoms with van der Waals surface area (Å²) < 4.78 is 16.7. The maximum absolute atomic E-state index is 5.74. The molecule has 1 N–H and O–H groups in total. The lowest BCUT2D eigenvalue weighted by molar-refractivity contribution is -0.0630. The molecule has 0 aliphatic carbocycles. The summed E-state index contributed by atoms with van der Waals surface area (Å²) in [6, 6.07) is 6.55. The molecule has 2 aliphatic rings. The number of benzene rings is 1. The average Bonchev–Trinajstić information content (AvgIpc) is 2.84. The minimum absolute atomic E-state index is 0.0197. The van der Waals surface area contributed by atoms with Crippen molar-refractivity contribution in [1.82, 2.24) is 5.32 Å². The van der Waals surface area contributed by atoms with Crippen molar-refractivity contribution < 1.29 is 14.2 Å². The van der Waals surface area contributed by atoms with E-state index in [1.165, 1.54) is 5.56 Å². The van der Waals surface area contributed by atoms with E-state index in [2.05, 4.69) is 25.2 Å². The maximum Gasteiger partial charge on any atom is 0.231 e. The molecule has 0 amide bonds. The Kier molecular flexibility index (Phi) is 3.37. The molecule has 0 aromatic heterocycles. The summed E-state index contributed by atoms with van der Waals surface area (Å²) >= 11 is 0. The van der Waals surface area contributed by atoms with Crippen molar-refractivity contribution in [3.05, 3.63) is 23.8 Å². The third kappa shape index (κ3) is 2.85. The van der Waals surface area contributed by atoms with E-state index >= 15 is 0 Å². The van der Waals surface area contributed by atoms with Crippen LogP contribution < -0.4 is 14.8 Å². The van der Waals surface area contributed by atoms with E-state index in [0.717, 1.165) is 37.5 Å². The Morgan fingerprint density at radius 3 is 3.05 bits per heavy atom. The molecule has 1 aromatic carbocycles. The van der Waals surface area contributed by atoms with E-state index < -0.39 is 0 Å². The van der Waals surface area contributed by atoms with E-state index in [-0.39, 0.29) is 5.60 Å². The van der Waals surface area contributed by atoms with Gasteiger partial charge in [0.15, 0.2) is 11.5 Å². The molecule has 0 saturated carbocycles. The summed E-state index contributed by atoms with van der Waals surface area (Å²) in [5.41, 5.74) is 1.15. The molecular weight excluding hydrogens is 242 g/mol. The van der Waals surface area contributed by atoms with Crippen LogP contribution in [0.4, 0.5) is 0 Å². The Hall–Kier alpha value is -1.26. The molecule has 19 heavy (non-hydrogen) atoms. The zero-order valence-electron chi connectivity index (χ0n) is 11.6. The number of fused-ring (bicyclic) bond motifs is 1. The maximum atomic E-state index is 5.74. The average molecular weight is 263 g/mol. The van der Waals surface area contributed by atoms with Gasteiger partial charge in [0, 0.05) is 24.8 Å².